The zero-order chi connectivity index (χ0) is 10.8. The van der Waals surface area contributed by atoms with Crippen LogP contribution in [0.5, 0.6) is 0 Å². The van der Waals surface area contributed by atoms with E-state index < -0.39 is 0 Å². The minimum atomic E-state index is 0.0370. The Morgan fingerprint density at radius 1 is 1.33 bits per heavy atom. The molecular formula is C12H21N3. The maximum atomic E-state index is 9.06. The Labute approximate surface area is 92.4 Å². The van der Waals surface area contributed by atoms with Crippen LogP contribution < -0.4 is 5.32 Å². The molecule has 1 N–H and O–H groups in total. The van der Waals surface area contributed by atoms with Crippen molar-refractivity contribution in [2.45, 2.75) is 38.8 Å². The van der Waals surface area contributed by atoms with Crippen LogP contribution in [0.2, 0.25) is 0 Å². The molecule has 1 aliphatic carbocycles. The standard InChI is InChI=1S/C12H21N3/c1-9-6-15(7-10(9)2)8-12(5-13)14-11-3-4-11/h9-12,14H,3-4,6-8H2,1-2H3. The summed E-state index contributed by atoms with van der Waals surface area (Å²) in [5.74, 6) is 1.57. The first kappa shape index (κ1) is 10.9. The van der Waals surface area contributed by atoms with Gasteiger partial charge in [-0.05, 0) is 24.7 Å². The van der Waals surface area contributed by atoms with Gasteiger partial charge in [-0.2, -0.15) is 5.26 Å². The van der Waals surface area contributed by atoms with E-state index in [0.717, 1.165) is 31.5 Å². The Morgan fingerprint density at radius 2 is 1.93 bits per heavy atom. The molecular weight excluding hydrogens is 186 g/mol. The van der Waals surface area contributed by atoms with Crippen molar-refractivity contribution < 1.29 is 0 Å². The van der Waals surface area contributed by atoms with E-state index in [9.17, 15) is 0 Å². The molecule has 2 aliphatic rings. The highest BCUT2D eigenvalue weighted by Crippen LogP contribution is 2.23. The van der Waals surface area contributed by atoms with E-state index in [2.05, 4.69) is 30.1 Å². The average molecular weight is 207 g/mol. The summed E-state index contributed by atoms with van der Waals surface area (Å²) in [6, 6.07) is 3.05. The predicted octanol–water partition coefficient (Wildman–Crippen LogP) is 1.22. The van der Waals surface area contributed by atoms with Crippen molar-refractivity contribution in [2.24, 2.45) is 11.8 Å². The Bertz CT molecular complexity index is 244. The van der Waals surface area contributed by atoms with Crippen molar-refractivity contribution >= 4 is 0 Å². The molecule has 0 radical (unpaired) electrons. The van der Waals surface area contributed by atoms with Crippen LogP contribution in [0.15, 0.2) is 0 Å². The third-order valence-electron chi connectivity index (χ3n) is 3.67. The van der Waals surface area contributed by atoms with Crippen LogP contribution in [-0.2, 0) is 0 Å². The number of likely N-dealkylation sites (tertiary alicyclic amines) is 1. The van der Waals surface area contributed by atoms with Gasteiger partial charge in [-0.3, -0.25) is 5.32 Å². The van der Waals surface area contributed by atoms with Crippen LogP contribution in [0.3, 0.4) is 0 Å². The molecule has 1 heterocycles. The molecule has 1 aliphatic heterocycles. The molecule has 0 aromatic rings. The van der Waals surface area contributed by atoms with Gasteiger partial charge in [0.1, 0.15) is 6.04 Å². The molecule has 84 valence electrons. The van der Waals surface area contributed by atoms with E-state index >= 15 is 0 Å². The summed E-state index contributed by atoms with van der Waals surface area (Å²) in [5, 5.41) is 12.5. The topological polar surface area (TPSA) is 39.1 Å². The molecule has 3 nitrogen and oxygen atoms in total. The van der Waals surface area contributed by atoms with Crippen molar-refractivity contribution in [3.05, 3.63) is 0 Å². The number of hydrogen-bond donors (Lipinski definition) is 1. The van der Waals surface area contributed by atoms with Gasteiger partial charge < -0.3 is 4.90 Å². The lowest BCUT2D eigenvalue weighted by molar-refractivity contribution is 0.300. The lowest BCUT2D eigenvalue weighted by Gasteiger charge is -2.19. The molecule has 0 spiro atoms. The van der Waals surface area contributed by atoms with Crippen LogP contribution >= 0.6 is 0 Å². The maximum absolute atomic E-state index is 9.06. The van der Waals surface area contributed by atoms with Crippen LogP contribution in [0, 0.1) is 23.2 Å². The zero-order valence-corrected chi connectivity index (χ0v) is 9.74. The van der Waals surface area contributed by atoms with Gasteiger partial charge >= 0.3 is 0 Å². The molecule has 3 heteroatoms. The first-order valence-corrected chi connectivity index (χ1v) is 6.07. The summed E-state index contributed by atoms with van der Waals surface area (Å²) in [5.41, 5.74) is 0. The van der Waals surface area contributed by atoms with Gasteiger partial charge in [0, 0.05) is 25.7 Å². The number of nitrogens with one attached hydrogen (secondary N) is 1. The second-order valence-electron chi connectivity index (χ2n) is 5.30. The Balaban J connectivity index is 1.77. The normalized spacial score (nSPS) is 33.9. The minimum Gasteiger partial charge on any atom is -0.300 e. The Hall–Kier alpha value is -0.590. The number of rotatable bonds is 4. The predicted molar refractivity (Wildman–Crippen MR) is 60.3 cm³/mol. The molecule has 2 rings (SSSR count). The van der Waals surface area contributed by atoms with Gasteiger partial charge in [-0.15, -0.1) is 0 Å². The van der Waals surface area contributed by atoms with E-state index in [0.29, 0.717) is 6.04 Å². The molecule has 1 saturated carbocycles. The first-order chi connectivity index (χ1) is 7.19. The third kappa shape index (κ3) is 2.93. The smallest absolute Gasteiger partial charge is 0.108 e. The van der Waals surface area contributed by atoms with Crippen molar-refractivity contribution in [3.8, 4) is 6.07 Å². The third-order valence-corrected chi connectivity index (χ3v) is 3.67. The fraction of sp³-hybridized carbons (Fsp3) is 0.917. The van der Waals surface area contributed by atoms with Gasteiger partial charge in [0.15, 0.2) is 0 Å². The highest BCUT2D eigenvalue weighted by atomic mass is 15.2. The van der Waals surface area contributed by atoms with Crippen molar-refractivity contribution in [1.29, 1.82) is 5.26 Å². The number of nitriles is 1. The van der Waals surface area contributed by atoms with Crippen LogP contribution in [0.25, 0.3) is 0 Å². The van der Waals surface area contributed by atoms with E-state index in [-0.39, 0.29) is 6.04 Å². The zero-order valence-electron chi connectivity index (χ0n) is 9.74. The van der Waals surface area contributed by atoms with Crippen molar-refractivity contribution in [3.63, 3.8) is 0 Å². The molecule has 1 saturated heterocycles. The highest BCUT2D eigenvalue weighted by molar-refractivity contribution is 4.98. The summed E-state index contributed by atoms with van der Waals surface area (Å²) >= 11 is 0. The minimum absolute atomic E-state index is 0.0370. The molecule has 0 aromatic heterocycles. The molecule has 15 heavy (non-hydrogen) atoms. The van der Waals surface area contributed by atoms with Gasteiger partial charge in [-0.1, -0.05) is 13.8 Å². The first-order valence-electron chi connectivity index (χ1n) is 6.07. The van der Waals surface area contributed by atoms with Gasteiger partial charge in [-0.25, -0.2) is 0 Å². The van der Waals surface area contributed by atoms with E-state index in [1.807, 2.05) is 0 Å². The van der Waals surface area contributed by atoms with Gasteiger partial charge in [0.2, 0.25) is 0 Å². The summed E-state index contributed by atoms with van der Waals surface area (Å²) in [6.45, 7) is 7.83. The van der Waals surface area contributed by atoms with Crippen molar-refractivity contribution in [1.82, 2.24) is 10.2 Å². The molecule has 0 aromatic carbocycles. The summed E-state index contributed by atoms with van der Waals surface area (Å²) in [7, 11) is 0. The highest BCUT2D eigenvalue weighted by Gasteiger charge is 2.30. The largest absolute Gasteiger partial charge is 0.300 e. The molecule has 3 unspecified atom stereocenters. The van der Waals surface area contributed by atoms with Gasteiger partial charge in [0.25, 0.3) is 0 Å². The number of hydrogen-bond acceptors (Lipinski definition) is 3. The van der Waals surface area contributed by atoms with E-state index in [1.165, 1.54) is 12.8 Å². The van der Waals surface area contributed by atoms with Crippen LogP contribution in [0.1, 0.15) is 26.7 Å². The molecule has 0 amide bonds. The summed E-state index contributed by atoms with van der Waals surface area (Å²) in [6.07, 6.45) is 2.51. The second kappa shape index (κ2) is 4.51. The SMILES string of the molecule is CC1CN(CC(C#N)NC2CC2)CC1C. The average Bonchev–Trinajstić information content (AvgIpc) is 2.94. The maximum Gasteiger partial charge on any atom is 0.108 e. The van der Waals surface area contributed by atoms with E-state index in [4.69, 9.17) is 5.26 Å². The monoisotopic (exact) mass is 207 g/mol. The molecule has 0 bridgehead atoms. The fourth-order valence-electron chi connectivity index (χ4n) is 2.32. The Morgan fingerprint density at radius 3 is 2.40 bits per heavy atom. The van der Waals surface area contributed by atoms with Gasteiger partial charge in [0.05, 0.1) is 6.07 Å². The molecule has 2 fully saturated rings. The van der Waals surface area contributed by atoms with Crippen molar-refractivity contribution in [2.75, 3.05) is 19.6 Å². The second-order valence-corrected chi connectivity index (χ2v) is 5.30. The lowest BCUT2D eigenvalue weighted by atomic mass is 10.0. The quantitative estimate of drug-likeness (QED) is 0.753. The van der Waals surface area contributed by atoms with Crippen LogP contribution in [-0.4, -0.2) is 36.6 Å². The summed E-state index contributed by atoms with van der Waals surface area (Å²) < 4.78 is 0. The fourth-order valence-corrected chi connectivity index (χ4v) is 2.32. The lowest BCUT2D eigenvalue weighted by Crippen LogP contribution is -2.40. The Kier molecular flexibility index (Phi) is 3.28. The number of nitrogens with zero attached hydrogens (tertiary/aromatic N) is 2. The van der Waals surface area contributed by atoms with E-state index in [1.54, 1.807) is 0 Å². The summed E-state index contributed by atoms with van der Waals surface area (Å²) in [4.78, 5) is 2.43. The van der Waals surface area contributed by atoms with Crippen LogP contribution in [0.4, 0.5) is 0 Å². The molecule has 3 atom stereocenters.